The molecular formula is C40H37BrF6N2O10. The quantitative estimate of drug-likeness (QED) is 0.0882. The van der Waals surface area contributed by atoms with Gasteiger partial charge in [0, 0.05) is 0 Å². The number of halogens is 7. The molecule has 0 radical (unpaired) electrons. The zero-order chi connectivity index (χ0) is 43.8. The molecule has 316 valence electrons. The summed E-state index contributed by atoms with van der Waals surface area (Å²) in [6.45, 7) is 10.4. The molecule has 0 aliphatic rings. The molecule has 19 heteroatoms. The maximum Gasteiger partial charge on any atom is 0.573 e. The average molecular weight is 900 g/mol. The molecule has 0 fully saturated rings. The van der Waals surface area contributed by atoms with Crippen molar-refractivity contribution in [1.82, 2.24) is 10.3 Å². The third-order valence-corrected chi connectivity index (χ3v) is 7.49. The van der Waals surface area contributed by atoms with E-state index in [1.165, 1.54) is 48.5 Å². The number of nitrogens with zero attached hydrogens (tertiary/aromatic N) is 1. The van der Waals surface area contributed by atoms with Crippen LogP contribution in [0.1, 0.15) is 41.5 Å². The summed E-state index contributed by atoms with van der Waals surface area (Å²) in [7, 11) is 0. The van der Waals surface area contributed by atoms with Gasteiger partial charge in [0.2, 0.25) is 0 Å². The van der Waals surface area contributed by atoms with Gasteiger partial charge in [-0.2, -0.15) is 5.16 Å². The summed E-state index contributed by atoms with van der Waals surface area (Å²) in [6.07, 6.45) is -9.46. The van der Waals surface area contributed by atoms with E-state index in [1.54, 1.807) is 57.2 Å². The first-order valence-corrected chi connectivity index (χ1v) is 18.4. The Bertz CT molecular complexity index is 2390. The first-order valence-electron chi connectivity index (χ1n) is 17.2. The second-order valence-electron chi connectivity index (χ2n) is 14.2. The fourth-order valence-corrected chi connectivity index (χ4v) is 5.01. The molecule has 0 atom stereocenters. The third-order valence-electron chi connectivity index (χ3n) is 7.03. The van der Waals surface area contributed by atoms with Gasteiger partial charge in [0.25, 0.3) is 11.4 Å². The predicted octanol–water partition coefficient (Wildman–Crippen LogP) is 10.5. The number of rotatable bonds is 8. The molecule has 2 aromatic heterocycles. The van der Waals surface area contributed by atoms with Crippen LogP contribution in [0.15, 0.2) is 98.8 Å². The van der Waals surface area contributed by atoms with E-state index in [1.807, 2.05) is 20.8 Å². The van der Waals surface area contributed by atoms with Crippen LogP contribution in [0.25, 0.3) is 44.2 Å². The van der Waals surface area contributed by atoms with E-state index in [0.29, 0.717) is 44.2 Å². The van der Waals surface area contributed by atoms with E-state index in [4.69, 9.17) is 23.3 Å². The first kappa shape index (κ1) is 45.7. The van der Waals surface area contributed by atoms with Gasteiger partial charge in [-0.05, 0) is 117 Å². The lowest BCUT2D eigenvalue weighted by Gasteiger charge is -2.19. The van der Waals surface area contributed by atoms with Crippen LogP contribution in [-0.2, 0) is 19.1 Å². The fourth-order valence-electron chi connectivity index (χ4n) is 4.90. The third kappa shape index (κ3) is 15.0. The smallest absolute Gasteiger partial charge is 0.463 e. The van der Waals surface area contributed by atoms with Crippen molar-refractivity contribution in [2.45, 2.75) is 65.5 Å². The van der Waals surface area contributed by atoms with Gasteiger partial charge >= 0.3 is 24.7 Å². The van der Waals surface area contributed by atoms with Crippen LogP contribution in [0.2, 0.25) is 0 Å². The fraction of sp³-hybridized carbons (Fsp3) is 0.300. The average Bonchev–Trinajstić information content (AvgIpc) is 3.71. The molecule has 0 aliphatic carbocycles. The number of fused-ring (bicyclic) bond motifs is 2. The van der Waals surface area contributed by atoms with Crippen molar-refractivity contribution in [1.29, 1.82) is 0 Å². The molecule has 0 amide bonds. The Hall–Kier alpha value is -5.98. The Morgan fingerprint density at radius 3 is 1.53 bits per heavy atom. The molecule has 12 nitrogen and oxygen atoms in total. The number of hydrogen-bond acceptors (Lipinski definition) is 11. The topological polar surface area (TPSA) is 152 Å². The van der Waals surface area contributed by atoms with Crippen LogP contribution in [0, 0.1) is 0 Å². The van der Waals surface area contributed by atoms with Crippen LogP contribution in [0.4, 0.5) is 26.3 Å². The van der Waals surface area contributed by atoms with Crippen LogP contribution < -0.4 is 19.8 Å². The molecule has 4 aromatic carbocycles. The molecule has 0 saturated heterocycles. The minimum absolute atomic E-state index is 0.115. The minimum Gasteiger partial charge on any atom is -0.463 e. The number of esters is 2. The second-order valence-corrected chi connectivity index (χ2v) is 14.7. The molecule has 0 unspecified atom stereocenters. The molecular weight excluding hydrogens is 862 g/mol. The van der Waals surface area contributed by atoms with E-state index in [2.05, 4.69) is 35.7 Å². The summed E-state index contributed by atoms with van der Waals surface area (Å²) < 4.78 is 106. The standard InChI is InChI=1S/C20H18F3NO5.C14H8F3NO3.C6H11BrO2/c1-19(2,3)28-17(25)11-26-18-15-10-13(6-9-16(15)29-24-18)12-4-7-14(8-5-12)27-20(21,22)23;15-14(16,17)20-10-4-1-8(2-5-10)9-3-6-12-11(7-9)13(19)18-21-12;1-6(2,3)9-5(8)4-7/h4-10H,11H2,1-3H3;1-7H,(H,18,19);4H2,1-3H3. The number of aromatic nitrogens is 2. The van der Waals surface area contributed by atoms with Gasteiger partial charge < -0.3 is 32.7 Å². The summed E-state index contributed by atoms with van der Waals surface area (Å²) in [5, 5.41) is 7.18. The largest absolute Gasteiger partial charge is 0.573 e. The van der Waals surface area contributed by atoms with Gasteiger partial charge in [-0.25, -0.2) is 4.79 Å². The second kappa shape index (κ2) is 18.7. The summed E-state index contributed by atoms with van der Waals surface area (Å²) in [6, 6.07) is 20.8. The molecule has 0 aliphatic heterocycles. The monoisotopic (exact) mass is 898 g/mol. The summed E-state index contributed by atoms with van der Waals surface area (Å²) >= 11 is 2.99. The Labute approximate surface area is 340 Å². The number of carbonyl (C=O) groups excluding carboxylic acids is 2. The Balaban J connectivity index is 0.000000223. The number of alkyl halides is 7. The number of ether oxygens (including phenoxy) is 5. The lowest BCUT2D eigenvalue weighted by molar-refractivity contribution is -0.275. The highest BCUT2D eigenvalue weighted by Crippen LogP contribution is 2.32. The van der Waals surface area contributed by atoms with Crippen LogP contribution in [0.3, 0.4) is 0 Å². The summed E-state index contributed by atoms with van der Waals surface area (Å²) in [5.74, 6) is -1.26. The molecule has 1 N–H and O–H groups in total. The number of H-pyrrole nitrogens is 1. The highest BCUT2D eigenvalue weighted by molar-refractivity contribution is 9.09. The van der Waals surface area contributed by atoms with E-state index >= 15 is 0 Å². The van der Waals surface area contributed by atoms with Crippen LogP contribution >= 0.6 is 15.9 Å². The zero-order valence-electron chi connectivity index (χ0n) is 32.2. The molecule has 0 saturated carbocycles. The normalized spacial score (nSPS) is 11.8. The van der Waals surface area contributed by atoms with Crippen molar-refractivity contribution >= 4 is 49.8 Å². The number of carbonyl (C=O) groups is 2. The maximum atomic E-state index is 12.3. The maximum absolute atomic E-state index is 12.3. The van der Waals surface area contributed by atoms with Crippen LogP contribution in [0.5, 0.6) is 17.4 Å². The Morgan fingerprint density at radius 2 is 1.08 bits per heavy atom. The molecule has 0 bridgehead atoms. The van der Waals surface area contributed by atoms with E-state index < -0.39 is 24.3 Å². The molecule has 6 rings (SSSR count). The van der Waals surface area contributed by atoms with Crippen LogP contribution in [-0.4, -0.2) is 58.1 Å². The van der Waals surface area contributed by atoms with Crippen molar-refractivity contribution in [3.8, 4) is 39.6 Å². The lowest BCUT2D eigenvalue weighted by Crippen LogP contribution is -2.27. The Kier molecular flexibility index (Phi) is 14.5. The molecule has 0 spiro atoms. The van der Waals surface area contributed by atoms with Gasteiger partial charge in [0.1, 0.15) is 28.0 Å². The SMILES string of the molecule is CC(C)(C)OC(=O)CBr.CC(C)(C)OC(=O)COc1noc2ccc(-c3ccc(OC(F)(F)F)cc3)cc12.O=c1[nH]oc2ccc(-c3ccc(OC(F)(F)F)cc3)cc12. The van der Waals surface area contributed by atoms with E-state index in [0.717, 1.165) is 0 Å². The summed E-state index contributed by atoms with van der Waals surface area (Å²) in [4.78, 5) is 33.8. The van der Waals surface area contributed by atoms with Crippen molar-refractivity contribution < 1.29 is 68.7 Å². The number of benzene rings is 4. The molecule has 6 aromatic rings. The number of nitrogens with one attached hydrogen (secondary N) is 1. The molecule has 2 heterocycles. The predicted molar refractivity (Wildman–Crippen MR) is 206 cm³/mol. The Morgan fingerprint density at radius 1 is 0.644 bits per heavy atom. The van der Waals surface area contributed by atoms with Crippen molar-refractivity contribution in [3.05, 3.63) is 95.3 Å². The van der Waals surface area contributed by atoms with Gasteiger partial charge in [-0.3, -0.25) is 9.59 Å². The minimum atomic E-state index is -4.75. The van der Waals surface area contributed by atoms with Gasteiger partial charge in [0.05, 0.1) is 10.8 Å². The van der Waals surface area contributed by atoms with E-state index in [-0.39, 0.29) is 46.4 Å². The number of aromatic amines is 1. The van der Waals surface area contributed by atoms with E-state index in [9.17, 15) is 40.7 Å². The first-order chi connectivity index (χ1) is 27.4. The summed E-state index contributed by atoms with van der Waals surface area (Å²) in [5.41, 5.74) is 2.20. The number of hydrogen-bond donors (Lipinski definition) is 1. The zero-order valence-corrected chi connectivity index (χ0v) is 33.8. The highest BCUT2D eigenvalue weighted by atomic mass is 79.9. The van der Waals surface area contributed by atoms with Gasteiger partial charge in [0.15, 0.2) is 17.8 Å². The molecule has 59 heavy (non-hydrogen) atoms. The lowest BCUT2D eigenvalue weighted by atomic mass is 10.0. The van der Waals surface area contributed by atoms with Crippen molar-refractivity contribution in [3.63, 3.8) is 0 Å². The van der Waals surface area contributed by atoms with Gasteiger partial charge in [-0.15, -0.1) is 26.3 Å². The highest BCUT2D eigenvalue weighted by Gasteiger charge is 2.32. The van der Waals surface area contributed by atoms with Gasteiger partial charge in [-0.1, -0.05) is 52.3 Å². The van der Waals surface area contributed by atoms with Crippen molar-refractivity contribution in [2.24, 2.45) is 0 Å². The van der Waals surface area contributed by atoms with Crippen molar-refractivity contribution in [2.75, 3.05) is 11.9 Å².